The number of carbonyl (C=O) groups is 1. The molecule has 1 aromatic heterocycles. The monoisotopic (exact) mass is 296 g/mol. The van der Waals surface area contributed by atoms with Crippen LogP contribution in [0.25, 0.3) is 0 Å². The van der Waals surface area contributed by atoms with Crippen LogP contribution in [0.15, 0.2) is 39.5 Å². The van der Waals surface area contributed by atoms with E-state index in [0.717, 1.165) is 11.4 Å². The number of hydrogen-bond donors (Lipinski definition) is 2. The standard InChI is InChI=1S/C11H9BrN2O3/c12-10-5-7(1-2-9(10)11(15)16)13-6-8-3-4-17-14-8/h1-5,13H,6H2,(H,15,16). The Morgan fingerprint density at radius 2 is 2.29 bits per heavy atom. The second kappa shape index (κ2) is 5.01. The summed E-state index contributed by atoms with van der Waals surface area (Å²) in [7, 11) is 0. The lowest BCUT2D eigenvalue weighted by atomic mass is 10.2. The van der Waals surface area contributed by atoms with E-state index in [1.165, 1.54) is 12.3 Å². The number of rotatable bonds is 4. The second-order valence-corrected chi connectivity index (χ2v) is 4.20. The predicted octanol–water partition coefficient (Wildman–Crippen LogP) is 2.75. The molecule has 0 spiro atoms. The fourth-order valence-corrected chi connectivity index (χ4v) is 1.87. The van der Waals surface area contributed by atoms with Crippen LogP contribution < -0.4 is 5.32 Å². The molecule has 0 aliphatic heterocycles. The van der Waals surface area contributed by atoms with Crippen molar-refractivity contribution in [2.24, 2.45) is 0 Å². The molecular weight excluding hydrogens is 288 g/mol. The normalized spacial score (nSPS) is 10.2. The third-order valence-electron chi connectivity index (χ3n) is 2.16. The van der Waals surface area contributed by atoms with Gasteiger partial charge in [-0.1, -0.05) is 5.16 Å². The van der Waals surface area contributed by atoms with Crippen LogP contribution in [-0.2, 0) is 6.54 Å². The quantitative estimate of drug-likeness (QED) is 0.907. The number of aromatic nitrogens is 1. The number of aromatic carboxylic acids is 1. The zero-order chi connectivity index (χ0) is 12.3. The summed E-state index contributed by atoms with van der Waals surface area (Å²) < 4.78 is 5.24. The zero-order valence-electron chi connectivity index (χ0n) is 8.68. The Kier molecular flexibility index (Phi) is 3.43. The van der Waals surface area contributed by atoms with E-state index in [2.05, 4.69) is 26.4 Å². The fourth-order valence-electron chi connectivity index (χ4n) is 1.32. The molecule has 0 atom stereocenters. The van der Waals surface area contributed by atoms with Crippen LogP contribution >= 0.6 is 15.9 Å². The van der Waals surface area contributed by atoms with Gasteiger partial charge in [0.05, 0.1) is 12.1 Å². The number of anilines is 1. The van der Waals surface area contributed by atoms with Crippen molar-refractivity contribution in [2.45, 2.75) is 6.54 Å². The van der Waals surface area contributed by atoms with Gasteiger partial charge in [-0.05, 0) is 34.1 Å². The lowest BCUT2D eigenvalue weighted by Gasteiger charge is -2.06. The fraction of sp³-hybridized carbons (Fsp3) is 0.0909. The van der Waals surface area contributed by atoms with E-state index < -0.39 is 5.97 Å². The van der Waals surface area contributed by atoms with Crippen molar-refractivity contribution >= 4 is 27.6 Å². The van der Waals surface area contributed by atoms with Crippen LogP contribution in [0.5, 0.6) is 0 Å². The van der Waals surface area contributed by atoms with Crippen LogP contribution in [0, 0.1) is 0 Å². The van der Waals surface area contributed by atoms with Gasteiger partial charge in [-0.15, -0.1) is 0 Å². The van der Waals surface area contributed by atoms with Crippen molar-refractivity contribution in [3.05, 3.63) is 46.3 Å². The molecule has 0 fully saturated rings. The maximum atomic E-state index is 10.8. The molecule has 2 aromatic rings. The van der Waals surface area contributed by atoms with Gasteiger partial charge in [0.15, 0.2) is 0 Å². The van der Waals surface area contributed by atoms with Crippen LogP contribution in [0.2, 0.25) is 0 Å². The van der Waals surface area contributed by atoms with Crippen molar-refractivity contribution in [3.8, 4) is 0 Å². The SMILES string of the molecule is O=C(O)c1ccc(NCc2ccon2)cc1Br. The van der Waals surface area contributed by atoms with E-state index in [9.17, 15) is 4.79 Å². The number of nitrogens with one attached hydrogen (secondary N) is 1. The molecule has 88 valence electrons. The Morgan fingerprint density at radius 3 is 2.88 bits per heavy atom. The molecule has 0 unspecified atom stereocenters. The van der Waals surface area contributed by atoms with E-state index in [1.807, 2.05) is 0 Å². The topological polar surface area (TPSA) is 75.4 Å². The number of carboxylic acid groups (broad SMARTS) is 1. The van der Waals surface area contributed by atoms with Crippen LogP contribution in [0.4, 0.5) is 5.69 Å². The zero-order valence-corrected chi connectivity index (χ0v) is 10.3. The van der Waals surface area contributed by atoms with Crippen molar-refractivity contribution in [2.75, 3.05) is 5.32 Å². The van der Waals surface area contributed by atoms with Gasteiger partial charge in [-0.2, -0.15) is 0 Å². The molecule has 6 heteroatoms. The van der Waals surface area contributed by atoms with Crippen molar-refractivity contribution < 1.29 is 14.4 Å². The van der Waals surface area contributed by atoms with Crippen LogP contribution in [0.1, 0.15) is 16.1 Å². The molecule has 0 bridgehead atoms. The van der Waals surface area contributed by atoms with Crippen molar-refractivity contribution in [1.29, 1.82) is 0 Å². The summed E-state index contributed by atoms with van der Waals surface area (Å²) in [5.74, 6) is -0.958. The Bertz CT molecular complexity index is 526. The van der Waals surface area contributed by atoms with Gasteiger partial charge >= 0.3 is 5.97 Å². The molecule has 0 aliphatic rings. The summed E-state index contributed by atoms with van der Waals surface area (Å²) in [6, 6.07) is 6.71. The molecule has 1 heterocycles. The van der Waals surface area contributed by atoms with E-state index in [-0.39, 0.29) is 5.56 Å². The second-order valence-electron chi connectivity index (χ2n) is 3.34. The summed E-state index contributed by atoms with van der Waals surface area (Å²) in [4.78, 5) is 10.8. The van der Waals surface area contributed by atoms with Crippen LogP contribution in [-0.4, -0.2) is 16.2 Å². The van der Waals surface area contributed by atoms with Gasteiger partial charge < -0.3 is 14.9 Å². The van der Waals surface area contributed by atoms with Gasteiger partial charge in [0, 0.05) is 16.2 Å². The van der Waals surface area contributed by atoms with Gasteiger partial charge in [-0.25, -0.2) is 4.79 Å². The highest BCUT2D eigenvalue weighted by molar-refractivity contribution is 9.10. The van der Waals surface area contributed by atoms with Crippen molar-refractivity contribution in [3.63, 3.8) is 0 Å². The molecule has 2 rings (SSSR count). The molecule has 0 saturated carbocycles. The third kappa shape index (κ3) is 2.85. The molecule has 0 radical (unpaired) electrons. The minimum absolute atomic E-state index is 0.233. The minimum Gasteiger partial charge on any atom is -0.478 e. The van der Waals surface area contributed by atoms with E-state index in [0.29, 0.717) is 11.0 Å². The Balaban J connectivity index is 2.07. The number of hydrogen-bond acceptors (Lipinski definition) is 4. The van der Waals surface area contributed by atoms with Gasteiger partial charge in [0.25, 0.3) is 0 Å². The summed E-state index contributed by atoms with van der Waals surface area (Å²) in [5, 5.41) is 15.7. The van der Waals surface area contributed by atoms with Gasteiger partial charge in [-0.3, -0.25) is 0 Å². The maximum absolute atomic E-state index is 10.8. The smallest absolute Gasteiger partial charge is 0.336 e. The maximum Gasteiger partial charge on any atom is 0.336 e. The van der Waals surface area contributed by atoms with E-state index in [1.54, 1.807) is 18.2 Å². The average Bonchev–Trinajstić information content (AvgIpc) is 2.78. The first-order chi connectivity index (χ1) is 8.16. The first kappa shape index (κ1) is 11.7. The highest BCUT2D eigenvalue weighted by atomic mass is 79.9. The number of carboxylic acids is 1. The average molecular weight is 297 g/mol. The Morgan fingerprint density at radius 1 is 1.47 bits per heavy atom. The van der Waals surface area contributed by atoms with Gasteiger partial charge in [0.1, 0.15) is 12.0 Å². The molecule has 0 saturated heterocycles. The first-order valence-corrected chi connectivity index (χ1v) is 5.62. The molecule has 1 aromatic carbocycles. The summed E-state index contributed by atoms with van der Waals surface area (Å²) >= 11 is 3.21. The van der Waals surface area contributed by atoms with E-state index in [4.69, 9.17) is 9.63 Å². The number of halogens is 1. The predicted molar refractivity (Wildman–Crippen MR) is 64.9 cm³/mol. The summed E-state index contributed by atoms with van der Waals surface area (Å²) in [6.45, 7) is 0.523. The number of benzene rings is 1. The minimum atomic E-state index is -0.958. The molecule has 0 amide bonds. The third-order valence-corrected chi connectivity index (χ3v) is 2.82. The lowest BCUT2D eigenvalue weighted by Crippen LogP contribution is -2.02. The molecule has 0 aliphatic carbocycles. The Hall–Kier alpha value is -1.82. The van der Waals surface area contributed by atoms with Crippen molar-refractivity contribution in [1.82, 2.24) is 5.16 Å². The van der Waals surface area contributed by atoms with Crippen LogP contribution in [0.3, 0.4) is 0 Å². The number of nitrogens with zero attached hydrogens (tertiary/aromatic N) is 1. The molecule has 2 N–H and O–H groups in total. The summed E-state index contributed by atoms with van der Waals surface area (Å²) in [6.07, 6.45) is 1.50. The van der Waals surface area contributed by atoms with Gasteiger partial charge in [0.2, 0.25) is 0 Å². The van der Waals surface area contributed by atoms with E-state index >= 15 is 0 Å². The largest absolute Gasteiger partial charge is 0.478 e. The first-order valence-electron chi connectivity index (χ1n) is 4.83. The Labute approximate surface area is 106 Å². The highest BCUT2D eigenvalue weighted by Gasteiger charge is 2.08. The highest BCUT2D eigenvalue weighted by Crippen LogP contribution is 2.21. The molecular formula is C11H9BrN2O3. The molecule has 17 heavy (non-hydrogen) atoms. The summed E-state index contributed by atoms with van der Waals surface area (Å²) in [5.41, 5.74) is 1.82. The molecule has 5 nitrogen and oxygen atoms in total. The lowest BCUT2D eigenvalue weighted by molar-refractivity contribution is 0.0696.